The quantitative estimate of drug-likeness (QED) is 0.675. The number of rotatable bonds is 2. The second-order valence-corrected chi connectivity index (χ2v) is 6.30. The van der Waals surface area contributed by atoms with Crippen molar-refractivity contribution in [2.24, 2.45) is 0 Å². The summed E-state index contributed by atoms with van der Waals surface area (Å²) in [5.41, 5.74) is 1.78. The van der Waals surface area contributed by atoms with Crippen LogP contribution in [0.2, 0.25) is 5.02 Å². The molecule has 104 valence electrons. The summed E-state index contributed by atoms with van der Waals surface area (Å²) >= 11 is 12.4. The summed E-state index contributed by atoms with van der Waals surface area (Å²) in [6.07, 6.45) is 0. The summed E-state index contributed by atoms with van der Waals surface area (Å²) in [6, 6.07) is 7.83. The van der Waals surface area contributed by atoms with Gasteiger partial charge in [0, 0.05) is 8.95 Å². The molecule has 2 nitrogen and oxygen atoms in total. The number of carbonyl (C=O) groups excluding carboxylic acids is 1. The van der Waals surface area contributed by atoms with E-state index in [1.807, 2.05) is 13.0 Å². The summed E-state index contributed by atoms with van der Waals surface area (Å²) in [4.78, 5) is 12.3. The maximum absolute atomic E-state index is 13.2. The molecule has 0 saturated carbocycles. The number of nitrogens with one attached hydrogen (secondary N) is 1. The Kier molecular flexibility index (Phi) is 4.83. The Morgan fingerprint density at radius 1 is 1.20 bits per heavy atom. The van der Waals surface area contributed by atoms with E-state index >= 15 is 0 Å². The van der Waals surface area contributed by atoms with Gasteiger partial charge in [0.1, 0.15) is 5.82 Å². The van der Waals surface area contributed by atoms with E-state index in [1.165, 1.54) is 6.07 Å². The monoisotopic (exact) mass is 419 g/mol. The zero-order valence-electron chi connectivity index (χ0n) is 10.3. The van der Waals surface area contributed by atoms with E-state index in [0.29, 0.717) is 20.2 Å². The molecule has 0 radical (unpaired) electrons. The van der Waals surface area contributed by atoms with Crippen molar-refractivity contribution in [1.29, 1.82) is 0 Å². The van der Waals surface area contributed by atoms with Crippen LogP contribution >= 0.6 is 43.5 Å². The predicted molar refractivity (Wildman–Crippen MR) is 85.9 cm³/mol. The van der Waals surface area contributed by atoms with Gasteiger partial charge in [0.25, 0.3) is 5.91 Å². The molecule has 0 aliphatic heterocycles. The van der Waals surface area contributed by atoms with Crippen molar-refractivity contribution < 1.29 is 9.18 Å². The van der Waals surface area contributed by atoms with Crippen molar-refractivity contribution in [2.75, 3.05) is 5.32 Å². The summed E-state index contributed by atoms with van der Waals surface area (Å²) in [5.74, 6) is -0.800. The number of hydrogen-bond donors (Lipinski definition) is 1. The molecule has 0 aliphatic carbocycles. The van der Waals surface area contributed by atoms with Crippen LogP contribution in [0.25, 0.3) is 0 Å². The minimum absolute atomic E-state index is 0.133. The average molecular weight is 421 g/mol. The fourth-order valence-electron chi connectivity index (χ4n) is 1.66. The Bertz CT molecular complexity index is 668. The van der Waals surface area contributed by atoms with Gasteiger partial charge in [0.05, 0.1) is 16.3 Å². The van der Waals surface area contributed by atoms with Crippen LogP contribution in [0.15, 0.2) is 39.3 Å². The topological polar surface area (TPSA) is 29.1 Å². The van der Waals surface area contributed by atoms with Crippen molar-refractivity contribution in [1.82, 2.24) is 0 Å². The van der Waals surface area contributed by atoms with E-state index in [4.69, 9.17) is 11.6 Å². The van der Waals surface area contributed by atoms with Gasteiger partial charge in [-0.15, -0.1) is 0 Å². The van der Waals surface area contributed by atoms with Gasteiger partial charge in [-0.05, 0) is 63.0 Å². The Balaban J connectivity index is 2.35. The van der Waals surface area contributed by atoms with Gasteiger partial charge in [0.15, 0.2) is 0 Å². The summed E-state index contributed by atoms with van der Waals surface area (Å²) in [7, 11) is 0. The molecule has 0 heterocycles. The normalized spacial score (nSPS) is 10.4. The highest BCUT2D eigenvalue weighted by Crippen LogP contribution is 2.32. The maximum Gasteiger partial charge on any atom is 0.256 e. The number of carbonyl (C=O) groups is 1. The van der Waals surface area contributed by atoms with E-state index < -0.39 is 5.82 Å². The first kappa shape index (κ1) is 15.5. The van der Waals surface area contributed by atoms with Crippen molar-refractivity contribution in [3.05, 3.63) is 61.2 Å². The van der Waals surface area contributed by atoms with Gasteiger partial charge < -0.3 is 5.32 Å². The zero-order valence-corrected chi connectivity index (χ0v) is 14.2. The number of benzene rings is 2. The van der Waals surface area contributed by atoms with E-state index in [0.717, 1.165) is 11.6 Å². The van der Waals surface area contributed by atoms with Gasteiger partial charge >= 0.3 is 0 Å². The van der Waals surface area contributed by atoms with Gasteiger partial charge in [-0.25, -0.2) is 4.39 Å². The Morgan fingerprint density at radius 3 is 2.55 bits per heavy atom. The molecule has 0 spiro atoms. The SMILES string of the molecule is Cc1ccc(Br)c(C(=O)Nc2c(Cl)cc(F)cc2Br)c1. The van der Waals surface area contributed by atoms with E-state index in [2.05, 4.69) is 37.2 Å². The molecule has 20 heavy (non-hydrogen) atoms. The number of anilines is 1. The van der Waals surface area contributed by atoms with E-state index in [-0.39, 0.29) is 10.9 Å². The fourth-order valence-corrected chi connectivity index (χ4v) is 2.98. The molecule has 2 aromatic carbocycles. The highest BCUT2D eigenvalue weighted by Gasteiger charge is 2.15. The highest BCUT2D eigenvalue weighted by molar-refractivity contribution is 9.11. The molecule has 0 fully saturated rings. The van der Waals surface area contributed by atoms with Crippen LogP contribution in [0.3, 0.4) is 0 Å². The molecule has 2 rings (SSSR count). The molecule has 0 atom stereocenters. The third-order valence-corrected chi connectivity index (χ3v) is 4.23. The van der Waals surface area contributed by atoms with Crippen LogP contribution in [-0.4, -0.2) is 5.91 Å². The molecule has 1 amide bonds. The summed E-state index contributed by atoms with van der Waals surface area (Å²) in [5, 5.41) is 2.81. The molecule has 0 bridgehead atoms. The van der Waals surface area contributed by atoms with Crippen molar-refractivity contribution >= 4 is 55.1 Å². The van der Waals surface area contributed by atoms with Gasteiger partial charge in [0.2, 0.25) is 0 Å². The zero-order chi connectivity index (χ0) is 14.9. The first-order valence-electron chi connectivity index (χ1n) is 5.60. The van der Waals surface area contributed by atoms with Crippen LogP contribution in [0, 0.1) is 12.7 Å². The Morgan fingerprint density at radius 2 is 1.90 bits per heavy atom. The molecule has 1 N–H and O–H groups in total. The molecule has 0 saturated heterocycles. The van der Waals surface area contributed by atoms with Gasteiger partial charge in [-0.2, -0.15) is 0 Å². The van der Waals surface area contributed by atoms with Crippen LogP contribution < -0.4 is 5.32 Å². The molecule has 0 aliphatic rings. The number of aryl methyl sites for hydroxylation is 1. The molecule has 6 heteroatoms. The number of hydrogen-bond acceptors (Lipinski definition) is 1. The lowest BCUT2D eigenvalue weighted by molar-refractivity contribution is 0.102. The Labute approximate surface area is 137 Å². The predicted octanol–water partition coefficient (Wildman–Crippen LogP) is 5.56. The second kappa shape index (κ2) is 6.24. The third-order valence-electron chi connectivity index (χ3n) is 2.61. The minimum Gasteiger partial charge on any atom is -0.320 e. The van der Waals surface area contributed by atoms with E-state index in [1.54, 1.807) is 12.1 Å². The maximum atomic E-state index is 13.2. The van der Waals surface area contributed by atoms with Crippen molar-refractivity contribution in [2.45, 2.75) is 6.92 Å². The minimum atomic E-state index is -0.475. The van der Waals surface area contributed by atoms with Crippen LogP contribution in [0.5, 0.6) is 0 Å². The van der Waals surface area contributed by atoms with E-state index in [9.17, 15) is 9.18 Å². The van der Waals surface area contributed by atoms with Crippen LogP contribution in [0.1, 0.15) is 15.9 Å². The molecule has 2 aromatic rings. The first-order chi connectivity index (χ1) is 9.38. The van der Waals surface area contributed by atoms with Crippen LogP contribution in [-0.2, 0) is 0 Å². The van der Waals surface area contributed by atoms with Crippen molar-refractivity contribution in [3.8, 4) is 0 Å². The molecule has 0 aromatic heterocycles. The average Bonchev–Trinajstić information content (AvgIpc) is 2.36. The molecule has 0 unspecified atom stereocenters. The molecular weight excluding hydrogens is 412 g/mol. The molecular formula is C14H9Br2ClFNO. The first-order valence-corrected chi connectivity index (χ1v) is 7.57. The number of halogens is 4. The smallest absolute Gasteiger partial charge is 0.256 e. The fraction of sp³-hybridized carbons (Fsp3) is 0.0714. The largest absolute Gasteiger partial charge is 0.320 e. The highest BCUT2D eigenvalue weighted by atomic mass is 79.9. The van der Waals surface area contributed by atoms with Gasteiger partial charge in [-0.3, -0.25) is 4.79 Å². The lowest BCUT2D eigenvalue weighted by Crippen LogP contribution is -2.13. The van der Waals surface area contributed by atoms with Gasteiger partial charge in [-0.1, -0.05) is 23.2 Å². The van der Waals surface area contributed by atoms with Crippen molar-refractivity contribution in [3.63, 3.8) is 0 Å². The summed E-state index contributed by atoms with van der Waals surface area (Å²) < 4.78 is 14.2. The lowest BCUT2D eigenvalue weighted by atomic mass is 10.1. The Hall–Kier alpha value is -0.910. The lowest BCUT2D eigenvalue weighted by Gasteiger charge is -2.11. The number of amides is 1. The third kappa shape index (κ3) is 3.40. The summed E-state index contributed by atoms with van der Waals surface area (Å²) in [6.45, 7) is 1.89. The standard InChI is InChI=1S/C14H9Br2ClFNO/c1-7-2-3-10(15)9(4-7)14(20)19-13-11(16)5-8(18)6-12(13)17/h2-6H,1H3,(H,19,20). The van der Waals surface area contributed by atoms with Crippen LogP contribution in [0.4, 0.5) is 10.1 Å². The second-order valence-electron chi connectivity index (χ2n) is 4.18.